The largest absolute Gasteiger partial charge is 0.507 e. The minimum atomic E-state index is -0.462. The summed E-state index contributed by atoms with van der Waals surface area (Å²) in [6, 6.07) is 9.29. The van der Waals surface area contributed by atoms with Crippen molar-refractivity contribution in [3.63, 3.8) is 0 Å². The number of para-hydroxylation sites is 1. The molecule has 2 aromatic rings. The van der Waals surface area contributed by atoms with Crippen molar-refractivity contribution in [2.75, 3.05) is 0 Å². The van der Waals surface area contributed by atoms with Gasteiger partial charge in [0.15, 0.2) is 5.76 Å². The molecule has 1 aromatic heterocycles. The summed E-state index contributed by atoms with van der Waals surface area (Å²) in [6.45, 7) is 0. The number of carbonyl (C=O) groups is 1. The molecule has 2 N–H and O–H groups in total. The summed E-state index contributed by atoms with van der Waals surface area (Å²) in [5.74, 6) is -0.722. The van der Waals surface area contributed by atoms with E-state index in [9.17, 15) is 15.0 Å². The van der Waals surface area contributed by atoms with E-state index < -0.39 is 5.78 Å². The molecule has 0 amide bonds. The van der Waals surface area contributed by atoms with E-state index >= 15 is 0 Å². The monoisotopic (exact) mass is 230 g/mol. The Kier molecular flexibility index (Phi) is 2.96. The zero-order chi connectivity index (χ0) is 12.3. The number of aromatic hydroxyl groups is 1. The second-order valence-corrected chi connectivity index (χ2v) is 3.39. The number of carbonyl (C=O) groups excluding carboxylic acids is 1. The van der Waals surface area contributed by atoms with Crippen LogP contribution in [-0.2, 0) is 0 Å². The van der Waals surface area contributed by atoms with E-state index in [0.717, 1.165) is 6.08 Å². The smallest absolute Gasteiger partial charge is 0.224 e. The lowest BCUT2D eigenvalue weighted by molar-refractivity contribution is 0.102. The molecule has 0 aliphatic heterocycles. The molecule has 0 bridgehead atoms. The van der Waals surface area contributed by atoms with Crippen LogP contribution in [0.15, 0.2) is 53.2 Å². The molecule has 0 spiro atoms. The highest BCUT2D eigenvalue weighted by molar-refractivity contribution is 6.06. The molecule has 1 aromatic carbocycles. The molecule has 2 rings (SSSR count). The van der Waals surface area contributed by atoms with Gasteiger partial charge in [0.2, 0.25) is 5.78 Å². The Hall–Kier alpha value is -2.49. The van der Waals surface area contributed by atoms with Crippen LogP contribution >= 0.6 is 0 Å². The maximum Gasteiger partial charge on any atom is 0.224 e. The van der Waals surface area contributed by atoms with Crippen molar-refractivity contribution >= 4 is 11.5 Å². The fourth-order valence-corrected chi connectivity index (χ4v) is 1.38. The molecular weight excluding hydrogens is 220 g/mol. The Morgan fingerprint density at radius 3 is 2.59 bits per heavy atom. The van der Waals surface area contributed by atoms with Crippen molar-refractivity contribution in [2.24, 2.45) is 0 Å². The molecule has 0 aliphatic rings. The zero-order valence-corrected chi connectivity index (χ0v) is 8.83. The van der Waals surface area contributed by atoms with Crippen LogP contribution in [0, 0.1) is 0 Å². The van der Waals surface area contributed by atoms with E-state index in [4.69, 9.17) is 4.42 Å². The highest BCUT2D eigenvalue weighted by atomic mass is 16.3. The third-order valence-electron chi connectivity index (χ3n) is 2.21. The molecule has 0 saturated heterocycles. The van der Waals surface area contributed by atoms with E-state index in [1.54, 1.807) is 18.2 Å². The number of hydrogen-bond acceptors (Lipinski definition) is 4. The average Bonchev–Trinajstić information content (AvgIpc) is 2.82. The maximum absolute atomic E-state index is 11.6. The molecule has 4 heteroatoms. The van der Waals surface area contributed by atoms with Gasteiger partial charge in [-0.2, -0.15) is 0 Å². The van der Waals surface area contributed by atoms with Crippen LogP contribution < -0.4 is 0 Å². The number of phenolic OH excluding ortho intramolecular Hbond substituents is 1. The topological polar surface area (TPSA) is 70.7 Å². The van der Waals surface area contributed by atoms with E-state index in [0.29, 0.717) is 0 Å². The third-order valence-corrected chi connectivity index (χ3v) is 2.21. The SMILES string of the molecule is O=C(C=C(O)c1ccccc1O)c1ccco1. The minimum Gasteiger partial charge on any atom is -0.507 e. The van der Waals surface area contributed by atoms with Gasteiger partial charge in [0.25, 0.3) is 0 Å². The Labute approximate surface area is 97.4 Å². The molecular formula is C13H10O4. The van der Waals surface area contributed by atoms with Gasteiger partial charge in [0.05, 0.1) is 11.8 Å². The van der Waals surface area contributed by atoms with Gasteiger partial charge in [-0.1, -0.05) is 12.1 Å². The van der Waals surface area contributed by atoms with Crippen LogP contribution in [0.5, 0.6) is 5.75 Å². The molecule has 0 unspecified atom stereocenters. The number of phenols is 1. The van der Waals surface area contributed by atoms with Crippen molar-refractivity contribution in [3.05, 3.63) is 60.1 Å². The predicted molar refractivity (Wildman–Crippen MR) is 61.8 cm³/mol. The van der Waals surface area contributed by atoms with Crippen LogP contribution in [0.25, 0.3) is 5.76 Å². The van der Waals surface area contributed by atoms with Crippen molar-refractivity contribution < 1.29 is 19.4 Å². The first-order valence-corrected chi connectivity index (χ1v) is 4.95. The summed E-state index contributed by atoms with van der Waals surface area (Å²) in [5.41, 5.74) is 0.201. The summed E-state index contributed by atoms with van der Waals surface area (Å²) >= 11 is 0. The van der Waals surface area contributed by atoms with Gasteiger partial charge >= 0.3 is 0 Å². The number of aliphatic hydroxyl groups excluding tert-OH is 1. The lowest BCUT2D eigenvalue weighted by atomic mass is 10.1. The van der Waals surface area contributed by atoms with Crippen LogP contribution in [0.2, 0.25) is 0 Å². The number of benzene rings is 1. The molecule has 0 radical (unpaired) electrons. The normalized spacial score (nSPS) is 11.4. The summed E-state index contributed by atoms with van der Waals surface area (Å²) in [4.78, 5) is 11.6. The Balaban J connectivity index is 2.29. The van der Waals surface area contributed by atoms with Crippen LogP contribution in [0.1, 0.15) is 16.1 Å². The quantitative estimate of drug-likeness (QED) is 0.483. The van der Waals surface area contributed by atoms with Crippen LogP contribution in [0.3, 0.4) is 0 Å². The number of ketones is 1. The summed E-state index contributed by atoms with van der Waals surface area (Å²) in [7, 11) is 0. The number of hydrogen-bond donors (Lipinski definition) is 2. The van der Waals surface area contributed by atoms with Gasteiger partial charge in [-0.25, -0.2) is 0 Å². The van der Waals surface area contributed by atoms with E-state index in [2.05, 4.69) is 0 Å². The fourth-order valence-electron chi connectivity index (χ4n) is 1.38. The lowest BCUT2D eigenvalue weighted by Crippen LogP contribution is -1.94. The summed E-state index contributed by atoms with van der Waals surface area (Å²) < 4.78 is 4.89. The first-order chi connectivity index (χ1) is 8.18. The molecule has 4 nitrogen and oxygen atoms in total. The molecule has 86 valence electrons. The van der Waals surface area contributed by atoms with E-state index in [-0.39, 0.29) is 22.8 Å². The first kappa shape index (κ1) is 11.0. The van der Waals surface area contributed by atoms with E-state index in [1.807, 2.05) is 0 Å². The fraction of sp³-hybridized carbons (Fsp3) is 0. The van der Waals surface area contributed by atoms with Gasteiger partial charge < -0.3 is 14.6 Å². The van der Waals surface area contributed by atoms with Crippen LogP contribution in [-0.4, -0.2) is 16.0 Å². The Bertz CT molecular complexity index is 553. The minimum absolute atomic E-state index is 0.0894. The third kappa shape index (κ3) is 2.36. The van der Waals surface area contributed by atoms with Gasteiger partial charge in [-0.05, 0) is 24.3 Å². The Morgan fingerprint density at radius 1 is 1.18 bits per heavy atom. The Morgan fingerprint density at radius 2 is 1.94 bits per heavy atom. The standard InChI is InChI=1S/C13H10O4/c14-10-5-2-1-4-9(10)11(15)8-12(16)13-6-3-7-17-13/h1-8,14-15H. The first-order valence-electron chi connectivity index (χ1n) is 4.95. The highest BCUT2D eigenvalue weighted by Crippen LogP contribution is 2.22. The van der Waals surface area contributed by atoms with Gasteiger partial charge in [-0.15, -0.1) is 0 Å². The lowest BCUT2D eigenvalue weighted by Gasteiger charge is -2.02. The van der Waals surface area contributed by atoms with Crippen molar-refractivity contribution in [2.45, 2.75) is 0 Å². The highest BCUT2D eigenvalue weighted by Gasteiger charge is 2.10. The predicted octanol–water partition coefficient (Wildman–Crippen LogP) is 2.77. The molecule has 1 heterocycles. The molecule has 17 heavy (non-hydrogen) atoms. The van der Waals surface area contributed by atoms with Crippen molar-refractivity contribution in [3.8, 4) is 5.75 Å². The van der Waals surface area contributed by atoms with Gasteiger partial charge in [0.1, 0.15) is 11.5 Å². The molecule has 0 fully saturated rings. The molecule has 0 saturated carbocycles. The zero-order valence-electron chi connectivity index (χ0n) is 8.83. The molecule has 0 aliphatic carbocycles. The number of allylic oxidation sites excluding steroid dienone is 1. The summed E-state index contributed by atoms with van der Waals surface area (Å²) in [5, 5.41) is 19.2. The van der Waals surface area contributed by atoms with Gasteiger partial charge in [0, 0.05) is 6.08 Å². The van der Waals surface area contributed by atoms with Crippen molar-refractivity contribution in [1.82, 2.24) is 0 Å². The molecule has 0 atom stereocenters. The van der Waals surface area contributed by atoms with Crippen molar-refractivity contribution in [1.29, 1.82) is 0 Å². The number of rotatable bonds is 3. The number of aliphatic hydroxyl groups is 1. The van der Waals surface area contributed by atoms with E-state index in [1.165, 1.54) is 24.5 Å². The van der Waals surface area contributed by atoms with Crippen LogP contribution in [0.4, 0.5) is 0 Å². The average molecular weight is 230 g/mol. The second kappa shape index (κ2) is 4.57. The summed E-state index contributed by atoms with van der Waals surface area (Å²) in [6.07, 6.45) is 2.38. The second-order valence-electron chi connectivity index (χ2n) is 3.39. The number of furan rings is 1. The van der Waals surface area contributed by atoms with Gasteiger partial charge in [-0.3, -0.25) is 4.79 Å². The maximum atomic E-state index is 11.6.